The van der Waals surface area contributed by atoms with E-state index in [4.69, 9.17) is 4.74 Å². The number of likely N-dealkylation sites (tertiary alicyclic amines) is 1. The Morgan fingerprint density at radius 3 is 2.70 bits per heavy atom. The number of anilines is 1. The van der Waals surface area contributed by atoms with Crippen molar-refractivity contribution in [3.8, 4) is 0 Å². The molecule has 2 heterocycles. The molecule has 10 heteroatoms. The molecular formula is C20H26BrFN4O3S. The Kier molecular flexibility index (Phi) is 7.30. The van der Waals surface area contributed by atoms with Crippen molar-refractivity contribution >= 4 is 54.6 Å². The van der Waals surface area contributed by atoms with Crippen LogP contribution in [0.15, 0.2) is 16.6 Å². The highest BCUT2D eigenvalue weighted by Gasteiger charge is 2.26. The second-order valence-electron chi connectivity index (χ2n) is 8.29. The number of carbonyl (C=O) groups excluding carboxylic acids is 2. The second kappa shape index (κ2) is 9.57. The number of hydrogen-bond donors (Lipinski definition) is 2. The molecule has 1 aromatic carbocycles. The Balaban J connectivity index is 1.42. The summed E-state index contributed by atoms with van der Waals surface area (Å²) in [6.07, 6.45) is 1.06. The summed E-state index contributed by atoms with van der Waals surface area (Å²) in [4.78, 5) is 30.8. The molecule has 2 N–H and O–H groups in total. The van der Waals surface area contributed by atoms with Gasteiger partial charge in [0.15, 0.2) is 5.13 Å². The Bertz CT molecular complexity index is 884. The number of nitrogens with zero attached hydrogens (tertiary/aromatic N) is 2. The fourth-order valence-electron chi connectivity index (χ4n) is 3.23. The Hall–Kier alpha value is -1.78. The number of aromatic nitrogens is 1. The van der Waals surface area contributed by atoms with E-state index in [1.807, 2.05) is 20.8 Å². The highest BCUT2D eigenvalue weighted by molar-refractivity contribution is 9.10. The number of rotatable bonds is 5. The van der Waals surface area contributed by atoms with Crippen LogP contribution in [0.1, 0.15) is 33.6 Å². The van der Waals surface area contributed by atoms with E-state index >= 15 is 0 Å². The first-order valence-electron chi connectivity index (χ1n) is 9.86. The summed E-state index contributed by atoms with van der Waals surface area (Å²) >= 11 is 4.49. The van der Waals surface area contributed by atoms with E-state index in [0.29, 0.717) is 28.2 Å². The Labute approximate surface area is 187 Å². The van der Waals surface area contributed by atoms with E-state index in [1.54, 1.807) is 6.07 Å². The van der Waals surface area contributed by atoms with Gasteiger partial charge in [0.25, 0.3) is 0 Å². The standard InChI is InChI=1S/C20H26BrFN4O3S/c1-20(2,3)29-19(28)23-6-9-26-7-4-12(5-8-26)17(27)25-18-24-15-11-14(22)13(21)10-16(15)30-18/h10-12H,4-9H2,1-3H3,(H,23,28)(H,24,25,27). The number of benzene rings is 1. The first kappa shape index (κ1) is 22.9. The van der Waals surface area contributed by atoms with E-state index in [9.17, 15) is 14.0 Å². The molecule has 30 heavy (non-hydrogen) atoms. The van der Waals surface area contributed by atoms with Crippen LogP contribution in [0.5, 0.6) is 0 Å². The third-order valence-electron chi connectivity index (χ3n) is 4.72. The largest absolute Gasteiger partial charge is 0.444 e. The highest BCUT2D eigenvalue weighted by atomic mass is 79.9. The number of nitrogens with one attached hydrogen (secondary N) is 2. The zero-order valence-corrected chi connectivity index (χ0v) is 19.7. The van der Waals surface area contributed by atoms with Gasteiger partial charge in [-0.1, -0.05) is 11.3 Å². The first-order valence-corrected chi connectivity index (χ1v) is 11.5. The minimum Gasteiger partial charge on any atom is -0.444 e. The third kappa shape index (κ3) is 6.36. The lowest BCUT2D eigenvalue weighted by Gasteiger charge is -2.31. The van der Waals surface area contributed by atoms with Gasteiger partial charge in [0, 0.05) is 25.1 Å². The smallest absolute Gasteiger partial charge is 0.407 e. The molecule has 7 nitrogen and oxygen atoms in total. The molecule has 0 radical (unpaired) electrons. The van der Waals surface area contributed by atoms with Crippen LogP contribution < -0.4 is 10.6 Å². The topological polar surface area (TPSA) is 83.6 Å². The lowest BCUT2D eigenvalue weighted by Crippen LogP contribution is -2.42. The maximum absolute atomic E-state index is 13.6. The zero-order valence-electron chi connectivity index (χ0n) is 17.3. The number of thiazole rings is 1. The van der Waals surface area contributed by atoms with Crippen molar-refractivity contribution in [1.82, 2.24) is 15.2 Å². The number of halogens is 2. The molecular weight excluding hydrogens is 475 g/mol. The molecule has 1 aliphatic rings. The number of carbonyl (C=O) groups is 2. The van der Waals surface area contributed by atoms with Crippen molar-refractivity contribution in [2.24, 2.45) is 5.92 Å². The normalized spacial score (nSPS) is 15.9. The van der Waals surface area contributed by atoms with Crippen LogP contribution in [0.25, 0.3) is 10.2 Å². The van der Waals surface area contributed by atoms with E-state index in [1.165, 1.54) is 17.4 Å². The van der Waals surface area contributed by atoms with Gasteiger partial charge in [0.2, 0.25) is 5.91 Å². The highest BCUT2D eigenvalue weighted by Crippen LogP contribution is 2.31. The van der Waals surface area contributed by atoms with E-state index in [-0.39, 0.29) is 17.6 Å². The van der Waals surface area contributed by atoms with Gasteiger partial charge in [-0.25, -0.2) is 14.2 Å². The van der Waals surface area contributed by atoms with Crippen molar-refractivity contribution in [2.45, 2.75) is 39.2 Å². The van der Waals surface area contributed by atoms with Crippen molar-refractivity contribution in [1.29, 1.82) is 0 Å². The average molecular weight is 501 g/mol. The molecule has 0 bridgehead atoms. The van der Waals surface area contributed by atoms with Gasteiger partial charge in [0.1, 0.15) is 11.4 Å². The maximum atomic E-state index is 13.6. The zero-order chi connectivity index (χ0) is 21.9. The van der Waals surface area contributed by atoms with Crippen molar-refractivity contribution < 1.29 is 18.7 Å². The second-order valence-corrected chi connectivity index (χ2v) is 10.2. The van der Waals surface area contributed by atoms with Gasteiger partial charge in [-0.2, -0.15) is 0 Å². The summed E-state index contributed by atoms with van der Waals surface area (Å²) < 4.78 is 20.1. The molecule has 0 unspecified atom stereocenters. The molecule has 3 rings (SSSR count). The fraction of sp³-hybridized carbons (Fsp3) is 0.550. The van der Waals surface area contributed by atoms with Crippen molar-refractivity contribution in [3.05, 3.63) is 22.4 Å². The number of fused-ring (bicyclic) bond motifs is 1. The molecule has 0 spiro atoms. The molecule has 1 aliphatic heterocycles. The quantitative estimate of drug-likeness (QED) is 0.636. The SMILES string of the molecule is CC(C)(C)OC(=O)NCCN1CCC(C(=O)Nc2nc3cc(F)c(Br)cc3s2)CC1. The molecule has 0 atom stereocenters. The molecule has 0 saturated carbocycles. The van der Waals surface area contributed by atoms with E-state index in [2.05, 4.69) is 36.4 Å². The van der Waals surface area contributed by atoms with Crippen LogP contribution in [0, 0.1) is 11.7 Å². The number of ether oxygens (including phenoxy) is 1. The maximum Gasteiger partial charge on any atom is 0.407 e. The lowest BCUT2D eigenvalue weighted by atomic mass is 9.96. The molecule has 1 saturated heterocycles. The summed E-state index contributed by atoms with van der Waals surface area (Å²) in [5.74, 6) is -0.519. The number of hydrogen-bond acceptors (Lipinski definition) is 6. The predicted molar refractivity (Wildman–Crippen MR) is 119 cm³/mol. The molecule has 0 aliphatic carbocycles. The average Bonchev–Trinajstić information content (AvgIpc) is 3.02. The summed E-state index contributed by atoms with van der Waals surface area (Å²) in [5, 5.41) is 6.11. The van der Waals surface area contributed by atoms with Gasteiger partial charge in [-0.05, 0) is 68.7 Å². The number of amides is 2. The van der Waals surface area contributed by atoms with Gasteiger partial charge in [-0.15, -0.1) is 0 Å². The summed E-state index contributed by atoms with van der Waals surface area (Å²) in [7, 11) is 0. The van der Waals surface area contributed by atoms with Gasteiger partial charge < -0.3 is 20.3 Å². The minimum atomic E-state index is -0.510. The summed E-state index contributed by atoms with van der Waals surface area (Å²) in [6, 6.07) is 3.02. The molecule has 2 amide bonds. The molecule has 1 fully saturated rings. The monoisotopic (exact) mass is 500 g/mol. The lowest BCUT2D eigenvalue weighted by molar-refractivity contribution is -0.121. The van der Waals surface area contributed by atoms with Gasteiger partial charge in [0.05, 0.1) is 14.7 Å². The third-order valence-corrected chi connectivity index (χ3v) is 6.26. The van der Waals surface area contributed by atoms with Gasteiger partial charge >= 0.3 is 6.09 Å². The van der Waals surface area contributed by atoms with Crippen LogP contribution in [-0.2, 0) is 9.53 Å². The minimum absolute atomic E-state index is 0.0554. The van der Waals surface area contributed by atoms with E-state index in [0.717, 1.165) is 30.6 Å². The Morgan fingerprint density at radius 1 is 1.33 bits per heavy atom. The van der Waals surface area contributed by atoms with Crippen molar-refractivity contribution in [3.63, 3.8) is 0 Å². The van der Waals surface area contributed by atoms with Crippen LogP contribution in [0.3, 0.4) is 0 Å². The molecule has 164 valence electrons. The Morgan fingerprint density at radius 2 is 2.03 bits per heavy atom. The van der Waals surface area contributed by atoms with Crippen LogP contribution in [0.4, 0.5) is 14.3 Å². The summed E-state index contributed by atoms with van der Waals surface area (Å²) in [6.45, 7) is 8.27. The fourth-order valence-corrected chi connectivity index (χ4v) is 4.62. The number of alkyl carbamates (subject to hydrolysis) is 1. The predicted octanol–water partition coefficient (Wildman–Crippen LogP) is 4.37. The van der Waals surface area contributed by atoms with Crippen LogP contribution in [-0.4, -0.2) is 53.7 Å². The number of piperidine rings is 1. The van der Waals surface area contributed by atoms with Gasteiger partial charge in [-0.3, -0.25) is 4.79 Å². The molecule has 2 aromatic rings. The van der Waals surface area contributed by atoms with Crippen molar-refractivity contribution in [2.75, 3.05) is 31.5 Å². The van der Waals surface area contributed by atoms with E-state index < -0.39 is 11.7 Å². The van der Waals surface area contributed by atoms with Crippen LogP contribution in [0.2, 0.25) is 0 Å². The summed E-state index contributed by atoms with van der Waals surface area (Å²) in [5.41, 5.74) is 0.0206. The first-order chi connectivity index (χ1) is 14.1. The molecule has 1 aromatic heterocycles. The van der Waals surface area contributed by atoms with Crippen LogP contribution >= 0.6 is 27.3 Å².